The fourth-order valence-corrected chi connectivity index (χ4v) is 3.86. The molecular weight excluding hydrogens is 418 g/mol. The van der Waals surface area contributed by atoms with Gasteiger partial charge in [-0.25, -0.2) is 4.98 Å². The number of carbonyl (C=O) groups is 2. The van der Waals surface area contributed by atoms with E-state index in [9.17, 15) is 9.59 Å². The molecule has 8 heteroatoms. The van der Waals surface area contributed by atoms with Crippen molar-refractivity contribution in [2.75, 3.05) is 13.1 Å². The summed E-state index contributed by atoms with van der Waals surface area (Å²) < 4.78 is 6.09. The Balaban J connectivity index is 1.41. The number of carbonyl (C=O) groups excluding carboxylic acids is 2. The first-order valence-corrected chi connectivity index (χ1v) is 11.7. The van der Waals surface area contributed by atoms with Crippen molar-refractivity contribution in [3.8, 4) is 22.6 Å². The maximum atomic E-state index is 12.6. The number of nitrogens with one attached hydrogen (secondary N) is 3. The van der Waals surface area contributed by atoms with Crippen LogP contribution in [0.25, 0.3) is 22.6 Å². The molecule has 1 amide bonds. The van der Waals surface area contributed by atoms with Gasteiger partial charge in [-0.3, -0.25) is 14.7 Å². The van der Waals surface area contributed by atoms with Crippen LogP contribution in [0.2, 0.25) is 0 Å². The van der Waals surface area contributed by atoms with Crippen molar-refractivity contribution in [1.82, 2.24) is 25.8 Å². The second kappa shape index (κ2) is 11.0. The first-order valence-electron chi connectivity index (χ1n) is 11.7. The monoisotopic (exact) mass is 449 g/mol. The van der Waals surface area contributed by atoms with E-state index in [4.69, 9.17) is 4.42 Å². The van der Waals surface area contributed by atoms with Crippen LogP contribution < -0.4 is 10.6 Å². The third kappa shape index (κ3) is 5.96. The lowest BCUT2D eigenvalue weighted by molar-refractivity contribution is -0.127. The molecule has 1 saturated heterocycles. The average Bonchev–Trinajstić information content (AvgIpc) is 3.49. The van der Waals surface area contributed by atoms with Crippen LogP contribution in [0.5, 0.6) is 0 Å². The van der Waals surface area contributed by atoms with Crippen molar-refractivity contribution in [2.45, 2.75) is 51.5 Å². The van der Waals surface area contributed by atoms with Gasteiger partial charge in [-0.15, -0.1) is 0 Å². The van der Waals surface area contributed by atoms with E-state index in [1.54, 1.807) is 12.4 Å². The SMILES string of the molecule is CCC(=O)CCCCCC(NC(=O)C1CNC1)c1ncc(-c2ccc(-c3ccn[nH]3)cc2)o1. The molecule has 1 fully saturated rings. The van der Waals surface area contributed by atoms with Crippen molar-refractivity contribution < 1.29 is 14.0 Å². The number of aromatic amines is 1. The van der Waals surface area contributed by atoms with Crippen LogP contribution in [0.4, 0.5) is 0 Å². The molecule has 174 valence electrons. The van der Waals surface area contributed by atoms with Gasteiger partial charge in [0.05, 0.1) is 17.8 Å². The van der Waals surface area contributed by atoms with E-state index >= 15 is 0 Å². The van der Waals surface area contributed by atoms with E-state index in [0.29, 0.717) is 43.4 Å². The molecule has 8 nitrogen and oxygen atoms in total. The summed E-state index contributed by atoms with van der Waals surface area (Å²) >= 11 is 0. The Morgan fingerprint density at radius 2 is 1.91 bits per heavy atom. The van der Waals surface area contributed by atoms with Gasteiger partial charge in [0.2, 0.25) is 11.8 Å². The van der Waals surface area contributed by atoms with E-state index in [0.717, 1.165) is 42.5 Å². The third-order valence-corrected chi connectivity index (χ3v) is 6.11. The summed E-state index contributed by atoms with van der Waals surface area (Å²) in [5.74, 6) is 1.52. The average molecular weight is 450 g/mol. The fraction of sp³-hybridized carbons (Fsp3) is 0.440. The quantitative estimate of drug-likeness (QED) is 0.360. The molecule has 1 atom stereocenters. The van der Waals surface area contributed by atoms with Crippen LogP contribution in [0.15, 0.2) is 47.1 Å². The molecule has 0 radical (unpaired) electrons. The number of aromatic nitrogens is 3. The first kappa shape index (κ1) is 22.9. The van der Waals surface area contributed by atoms with Crippen molar-refractivity contribution in [3.05, 3.63) is 48.6 Å². The zero-order valence-corrected chi connectivity index (χ0v) is 19.0. The van der Waals surface area contributed by atoms with Gasteiger partial charge in [0, 0.05) is 37.7 Å². The first-order chi connectivity index (χ1) is 16.1. The minimum Gasteiger partial charge on any atom is -0.438 e. The molecule has 3 N–H and O–H groups in total. The number of rotatable bonds is 12. The predicted molar refractivity (Wildman–Crippen MR) is 125 cm³/mol. The van der Waals surface area contributed by atoms with E-state index in [1.165, 1.54) is 0 Å². The van der Waals surface area contributed by atoms with Crippen molar-refractivity contribution in [1.29, 1.82) is 0 Å². The highest BCUT2D eigenvalue weighted by molar-refractivity contribution is 5.80. The van der Waals surface area contributed by atoms with Gasteiger partial charge in [0.25, 0.3) is 0 Å². The van der Waals surface area contributed by atoms with Crippen LogP contribution in [0, 0.1) is 5.92 Å². The topological polar surface area (TPSA) is 113 Å². The zero-order valence-electron chi connectivity index (χ0n) is 19.0. The summed E-state index contributed by atoms with van der Waals surface area (Å²) in [4.78, 5) is 28.6. The highest BCUT2D eigenvalue weighted by Gasteiger charge is 2.28. The molecule has 1 unspecified atom stereocenters. The van der Waals surface area contributed by atoms with E-state index in [1.807, 2.05) is 37.3 Å². The Hall–Kier alpha value is -3.26. The molecule has 33 heavy (non-hydrogen) atoms. The number of hydrogen-bond donors (Lipinski definition) is 3. The highest BCUT2D eigenvalue weighted by Crippen LogP contribution is 2.28. The number of benzene rings is 1. The Bertz CT molecular complexity index is 1040. The smallest absolute Gasteiger partial charge is 0.226 e. The van der Waals surface area contributed by atoms with Gasteiger partial charge in [0.1, 0.15) is 11.8 Å². The third-order valence-electron chi connectivity index (χ3n) is 6.11. The molecular formula is C25H31N5O3. The summed E-state index contributed by atoms with van der Waals surface area (Å²) in [6.45, 7) is 3.31. The van der Waals surface area contributed by atoms with E-state index in [-0.39, 0.29) is 17.9 Å². The molecule has 0 bridgehead atoms. The zero-order chi connectivity index (χ0) is 23.0. The summed E-state index contributed by atoms with van der Waals surface area (Å²) in [7, 11) is 0. The van der Waals surface area contributed by atoms with Crippen LogP contribution >= 0.6 is 0 Å². The number of nitrogens with zero attached hydrogens (tertiary/aromatic N) is 2. The lowest BCUT2D eigenvalue weighted by Crippen LogP contribution is -2.51. The fourth-order valence-electron chi connectivity index (χ4n) is 3.86. The second-order valence-corrected chi connectivity index (χ2v) is 8.52. The molecule has 1 aliphatic rings. The van der Waals surface area contributed by atoms with Gasteiger partial charge in [-0.1, -0.05) is 44.0 Å². The van der Waals surface area contributed by atoms with Gasteiger partial charge >= 0.3 is 0 Å². The van der Waals surface area contributed by atoms with Gasteiger partial charge in [-0.2, -0.15) is 5.10 Å². The largest absolute Gasteiger partial charge is 0.438 e. The summed E-state index contributed by atoms with van der Waals surface area (Å²) in [6.07, 6.45) is 8.08. The van der Waals surface area contributed by atoms with Gasteiger partial charge in [-0.05, 0) is 24.5 Å². The molecule has 0 saturated carbocycles. The summed E-state index contributed by atoms with van der Waals surface area (Å²) in [5, 5.41) is 13.2. The van der Waals surface area contributed by atoms with Gasteiger partial charge in [0.15, 0.2) is 5.76 Å². The molecule has 3 heterocycles. The summed E-state index contributed by atoms with van der Waals surface area (Å²) in [6, 6.07) is 9.62. The Morgan fingerprint density at radius 3 is 2.58 bits per heavy atom. The highest BCUT2D eigenvalue weighted by atomic mass is 16.4. The van der Waals surface area contributed by atoms with Crippen molar-refractivity contribution in [3.63, 3.8) is 0 Å². The van der Waals surface area contributed by atoms with Crippen molar-refractivity contribution in [2.24, 2.45) is 5.92 Å². The van der Waals surface area contributed by atoms with E-state index in [2.05, 4.69) is 25.8 Å². The van der Waals surface area contributed by atoms with Gasteiger partial charge < -0.3 is 15.1 Å². The second-order valence-electron chi connectivity index (χ2n) is 8.52. The van der Waals surface area contributed by atoms with Crippen LogP contribution in [0.3, 0.4) is 0 Å². The molecule has 1 aliphatic heterocycles. The van der Waals surface area contributed by atoms with Crippen LogP contribution in [-0.2, 0) is 9.59 Å². The van der Waals surface area contributed by atoms with Crippen LogP contribution in [-0.4, -0.2) is 40.0 Å². The Labute approximate surface area is 193 Å². The number of unbranched alkanes of at least 4 members (excludes halogenated alkanes) is 2. The predicted octanol–water partition coefficient (Wildman–Crippen LogP) is 4.04. The summed E-state index contributed by atoms with van der Waals surface area (Å²) in [5.41, 5.74) is 2.91. The number of oxazole rings is 1. The number of ketones is 1. The number of H-pyrrole nitrogens is 1. The number of amides is 1. The molecule has 4 rings (SSSR count). The Kier molecular flexibility index (Phi) is 7.67. The molecule has 1 aromatic carbocycles. The molecule has 2 aromatic heterocycles. The number of Topliss-reactive ketones (excluding diaryl/α,β-unsaturated/α-hetero) is 1. The van der Waals surface area contributed by atoms with Crippen molar-refractivity contribution >= 4 is 11.7 Å². The number of hydrogen-bond acceptors (Lipinski definition) is 6. The minimum atomic E-state index is -0.280. The minimum absolute atomic E-state index is 0.000802. The van der Waals surface area contributed by atoms with E-state index < -0.39 is 0 Å². The lowest BCUT2D eigenvalue weighted by Gasteiger charge is -2.27. The lowest BCUT2D eigenvalue weighted by atomic mass is 10.0. The maximum Gasteiger partial charge on any atom is 0.226 e. The van der Waals surface area contributed by atoms with Crippen LogP contribution in [0.1, 0.15) is 57.4 Å². The molecule has 0 spiro atoms. The normalized spacial score (nSPS) is 14.6. The molecule has 3 aromatic rings. The maximum absolute atomic E-state index is 12.6. The standard InChI is InChI=1S/C25H31N5O3/c1-2-20(31)6-4-3-5-7-22(29-24(32)19-14-26-15-19)25-27-16-23(33-25)18-10-8-17(9-11-18)21-12-13-28-30-21/h8-13,16,19,22,26H,2-7,14-15H2,1H3,(H,28,30)(H,29,32). The molecule has 0 aliphatic carbocycles. The Morgan fingerprint density at radius 1 is 1.12 bits per heavy atom.